The van der Waals surface area contributed by atoms with Gasteiger partial charge in [-0.1, -0.05) is 6.07 Å². The molecule has 1 rings (SSSR count). The van der Waals surface area contributed by atoms with Crippen LogP contribution in [0, 0.1) is 5.82 Å². The van der Waals surface area contributed by atoms with Gasteiger partial charge in [0, 0.05) is 40.2 Å². The minimum absolute atomic E-state index is 0.0465. The van der Waals surface area contributed by atoms with Gasteiger partial charge in [0.25, 0.3) is 0 Å². The number of hydrogen-bond acceptors (Lipinski definition) is 4. The monoisotopic (exact) mass is 311 g/mol. The van der Waals surface area contributed by atoms with E-state index in [9.17, 15) is 14.0 Å². The molecule has 1 aromatic rings. The Kier molecular flexibility index (Phi) is 7.31. The van der Waals surface area contributed by atoms with Gasteiger partial charge >= 0.3 is 5.97 Å². The number of anilines is 1. The zero-order valence-corrected chi connectivity index (χ0v) is 12.9. The minimum Gasteiger partial charge on any atom is -0.481 e. The third-order valence-corrected chi connectivity index (χ3v) is 3.09. The summed E-state index contributed by atoms with van der Waals surface area (Å²) in [7, 11) is 1.66. The van der Waals surface area contributed by atoms with E-state index < -0.39 is 5.97 Å². The normalized spacial score (nSPS) is 10.3. The summed E-state index contributed by atoms with van der Waals surface area (Å²) in [6, 6.07) is 4.75. The Morgan fingerprint density at radius 3 is 2.68 bits per heavy atom. The van der Waals surface area contributed by atoms with Gasteiger partial charge in [0.2, 0.25) is 5.91 Å². The first kappa shape index (κ1) is 17.9. The SMILES string of the molecule is CC(=O)NCCNCc1ccc(F)c(N(C)CCC(=O)O)c1. The Morgan fingerprint density at radius 1 is 1.32 bits per heavy atom. The first-order chi connectivity index (χ1) is 10.4. The van der Waals surface area contributed by atoms with Gasteiger partial charge in [-0.25, -0.2) is 4.39 Å². The molecule has 0 saturated heterocycles. The van der Waals surface area contributed by atoms with Crippen molar-refractivity contribution in [3.8, 4) is 0 Å². The zero-order valence-electron chi connectivity index (χ0n) is 12.9. The molecular formula is C15H22FN3O3. The second kappa shape index (κ2) is 8.99. The van der Waals surface area contributed by atoms with Crippen LogP contribution in [0.3, 0.4) is 0 Å². The summed E-state index contributed by atoms with van der Waals surface area (Å²) in [6.07, 6.45) is -0.0465. The average molecular weight is 311 g/mol. The van der Waals surface area contributed by atoms with Crippen molar-refractivity contribution >= 4 is 17.6 Å². The van der Waals surface area contributed by atoms with Crippen molar-refractivity contribution in [1.82, 2.24) is 10.6 Å². The van der Waals surface area contributed by atoms with Crippen LogP contribution in [0.5, 0.6) is 0 Å². The highest BCUT2D eigenvalue weighted by atomic mass is 19.1. The maximum Gasteiger partial charge on any atom is 0.305 e. The van der Waals surface area contributed by atoms with Crippen LogP contribution in [0.2, 0.25) is 0 Å². The molecule has 3 N–H and O–H groups in total. The molecule has 0 aromatic heterocycles. The van der Waals surface area contributed by atoms with Crippen molar-refractivity contribution in [2.24, 2.45) is 0 Å². The first-order valence-corrected chi connectivity index (χ1v) is 7.06. The molecule has 0 saturated carbocycles. The molecule has 0 heterocycles. The highest BCUT2D eigenvalue weighted by molar-refractivity contribution is 5.72. The van der Waals surface area contributed by atoms with Crippen molar-refractivity contribution in [3.63, 3.8) is 0 Å². The molecule has 22 heavy (non-hydrogen) atoms. The fourth-order valence-corrected chi connectivity index (χ4v) is 1.90. The van der Waals surface area contributed by atoms with E-state index in [0.717, 1.165) is 5.56 Å². The van der Waals surface area contributed by atoms with Crippen molar-refractivity contribution in [1.29, 1.82) is 0 Å². The van der Waals surface area contributed by atoms with Crippen molar-refractivity contribution < 1.29 is 19.1 Å². The van der Waals surface area contributed by atoms with Crippen LogP contribution in [0.1, 0.15) is 18.9 Å². The number of carbonyl (C=O) groups is 2. The summed E-state index contributed by atoms with van der Waals surface area (Å²) in [5.74, 6) is -1.37. The average Bonchev–Trinajstić information content (AvgIpc) is 2.45. The Bertz CT molecular complexity index is 523. The number of benzene rings is 1. The van der Waals surface area contributed by atoms with E-state index in [2.05, 4.69) is 10.6 Å². The second-order valence-corrected chi connectivity index (χ2v) is 5.01. The minimum atomic E-state index is -0.914. The molecule has 122 valence electrons. The summed E-state index contributed by atoms with van der Waals surface area (Å²) in [4.78, 5) is 22.9. The molecule has 6 nitrogen and oxygen atoms in total. The van der Waals surface area contributed by atoms with E-state index in [-0.39, 0.29) is 24.7 Å². The van der Waals surface area contributed by atoms with E-state index in [1.807, 2.05) is 0 Å². The van der Waals surface area contributed by atoms with Crippen molar-refractivity contribution in [3.05, 3.63) is 29.6 Å². The Balaban J connectivity index is 2.53. The molecular weight excluding hydrogens is 289 g/mol. The standard InChI is InChI=1S/C15H22FN3O3/c1-11(20)18-7-6-17-10-12-3-4-13(16)14(9-12)19(2)8-5-15(21)22/h3-4,9,17H,5-8,10H2,1-2H3,(H,18,20)(H,21,22). The zero-order chi connectivity index (χ0) is 16.5. The van der Waals surface area contributed by atoms with E-state index in [1.165, 1.54) is 13.0 Å². The van der Waals surface area contributed by atoms with Crippen molar-refractivity contribution in [2.45, 2.75) is 19.9 Å². The lowest BCUT2D eigenvalue weighted by atomic mass is 10.1. The third-order valence-electron chi connectivity index (χ3n) is 3.09. The summed E-state index contributed by atoms with van der Waals surface area (Å²) >= 11 is 0. The Labute approximate surface area is 129 Å². The van der Waals surface area contributed by atoms with Crippen LogP contribution in [0.25, 0.3) is 0 Å². The molecule has 0 radical (unpaired) electrons. The van der Waals surface area contributed by atoms with Crippen LogP contribution in [-0.2, 0) is 16.1 Å². The summed E-state index contributed by atoms with van der Waals surface area (Å²) in [6.45, 7) is 3.38. The summed E-state index contributed by atoms with van der Waals surface area (Å²) in [5, 5.41) is 14.5. The van der Waals surface area contributed by atoms with Gasteiger partial charge in [-0.2, -0.15) is 0 Å². The molecule has 1 amide bonds. The maximum atomic E-state index is 13.8. The molecule has 0 spiro atoms. The van der Waals surface area contributed by atoms with Gasteiger partial charge in [0.15, 0.2) is 0 Å². The molecule has 0 fully saturated rings. The van der Waals surface area contributed by atoms with E-state index in [0.29, 0.717) is 25.3 Å². The molecule has 0 aliphatic heterocycles. The number of hydrogen-bond donors (Lipinski definition) is 3. The summed E-state index contributed by atoms with van der Waals surface area (Å²) < 4.78 is 13.8. The largest absolute Gasteiger partial charge is 0.481 e. The maximum absolute atomic E-state index is 13.8. The molecule has 0 bridgehead atoms. The first-order valence-electron chi connectivity index (χ1n) is 7.06. The quantitative estimate of drug-likeness (QED) is 0.592. The molecule has 7 heteroatoms. The lowest BCUT2D eigenvalue weighted by Crippen LogP contribution is -2.30. The number of carboxylic acids is 1. The second-order valence-electron chi connectivity index (χ2n) is 5.01. The number of carboxylic acid groups (broad SMARTS) is 1. The number of rotatable bonds is 9. The lowest BCUT2D eigenvalue weighted by Gasteiger charge is -2.20. The van der Waals surface area contributed by atoms with E-state index in [4.69, 9.17) is 5.11 Å². The van der Waals surface area contributed by atoms with Gasteiger partial charge < -0.3 is 20.6 Å². The molecule has 0 atom stereocenters. The number of carbonyl (C=O) groups excluding carboxylic acids is 1. The predicted molar refractivity (Wildman–Crippen MR) is 82.3 cm³/mol. The van der Waals surface area contributed by atoms with E-state index >= 15 is 0 Å². The van der Waals surface area contributed by atoms with Gasteiger partial charge in [0.05, 0.1) is 12.1 Å². The van der Waals surface area contributed by atoms with Gasteiger partial charge in [0.1, 0.15) is 5.82 Å². The van der Waals surface area contributed by atoms with Crippen LogP contribution >= 0.6 is 0 Å². The smallest absolute Gasteiger partial charge is 0.305 e. The number of halogens is 1. The fourth-order valence-electron chi connectivity index (χ4n) is 1.90. The fraction of sp³-hybridized carbons (Fsp3) is 0.467. The van der Waals surface area contributed by atoms with Crippen LogP contribution in [-0.4, -0.2) is 43.7 Å². The third kappa shape index (κ3) is 6.53. The predicted octanol–water partition coefficient (Wildman–Crippen LogP) is 0.962. The number of nitrogens with one attached hydrogen (secondary N) is 2. The molecule has 0 aliphatic carbocycles. The highest BCUT2D eigenvalue weighted by Crippen LogP contribution is 2.20. The molecule has 1 aromatic carbocycles. The van der Waals surface area contributed by atoms with Gasteiger partial charge in [-0.05, 0) is 17.7 Å². The molecule has 0 unspecified atom stereocenters. The number of amides is 1. The van der Waals surface area contributed by atoms with Crippen LogP contribution < -0.4 is 15.5 Å². The van der Waals surface area contributed by atoms with Gasteiger partial charge in [-0.15, -0.1) is 0 Å². The highest BCUT2D eigenvalue weighted by Gasteiger charge is 2.10. The van der Waals surface area contributed by atoms with Gasteiger partial charge in [-0.3, -0.25) is 9.59 Å². The van der Waals surface area contributed by atoms with Crippen LogP contribution in [0.4, 0.5) is 10.1 Å². The van der Waals surface area contributed by atoms with E-state index in [1.54, 1.807) is 24.1 Å². The lowest BCUT2D eigenvalue weighted by molar-refractivity contribution is -0.136. The summed E-state index contributed by atoms with van der Waals surface area (Å²) in [5.41, 5.74) is 1.27. The Morgan fingerprint density at radius 2 is 2.05 bits per heavy atom. The Hall–Kier alpha value is -2.15. The topological polar surface area (TPSA) is 81.7 Å². The number of nitrogens with zero attached hydrogens (tertiary/aromatic N) is 1. The molecule has 0 aliphatic rings. The number of aliphatic carboxylic acids is 1. The van der Waals surface area contributed by atoms with Crippen molar-refractivity contribution in [2.75, 3.05) is 31.6 Å². The van der Waals surface area contributed by atoms with Crippen LogP contribution in [0.15, 0.2) is 18.2 Å².